The third-order valence-corrected chi connectivity index (χ3v) is 3.56. The smallest absolute Gasteiger partial charge is 0.123 e. The number of nitriles is 1. The van der Waals surface area contributed by atoms with Gasteiger partial charge in [-0.2, -0.15) is 5.26 Å². The molecular formula is C15H12BrFN2. The van der Waals surface area contributed by atoms with E-state index < -0.39 is 0 Å². The van der Waals surface area contributed by atoms with Gasteiger partial charge >= 0.3 is 0 Å². The number of halogens is 2. The fourth-order valence-electron chi connectivity index (χ4n) is 1.85. The van der Waals surface area contributed by atoms with Gasteiger partial charge in [0.1, 0.15) is 11.9 Å². The highest BCUT2D eigenvalue weighted by molar-refractivity contribution is 9.08. The van der Waals surface area contributed by atoms with Crippen LogP contribution < -0.4 is 4.90 Å². The lowest BCUT2D eigenvalue weighted by molar-refractivity contribution is 0.628. The number of hydrogen-bond acceptors (Lipinski definition) is 2. The van der Waals surface area contributed by atoms with E-state index in [1.54, 1.807) is 12.1 Å². The second kappa shape index (κ2) is 5.85. The lowest BCUT2D eigenvalue weighted by Crippen LogP contribution is -2.11. The molecule has 0 unspecified atom stereocenters. The molecule has 0 aliphatic rings. The van der Waals surface area contributed by atoms with E-state index in [2.05, 4.69) is 22.0 Å². The topological polar surface area (TPSA) is 27.0 Å². The molecule has 2 aromatic rings. The first-order valence-electron chi connectivity index (χ1n) is 5.74. The Kier molecular flexibility index (Phi) is 4.18. The fraction of sp³-hybridized carbons (Fsp3) is 0.133. The number of nitrogens with zero attached hydrogens (tertiary/aromatic N) is 2. The summed E-state index contributed by atoms with van der Waals surface area (Å²) >= 11 is 3.37. The predicted octanol–water partition coefficient (Wildman–Crippen LogP) is 4.36. The summed E-state index contributed by atoms with van der Waals surface area (Å²) in [6.45, 7) is 0. The van der Waals surface area contributed by atoms with Crippen molar-refractivity contribution in [3.8, 4) is 6.07 Å². The number of benzene rings is 2. The first kappa shape index (κ1) is 13.6. The first-order valence-corrected chi connectivity index (χ1v) is 6.86. The average Bonchev–Trinajstić information content (AvgIpc) is 2.46. The molecule has 0 amide bonds. The van der Waals surface area contributed by atoms with E-state index in [1.807, 2.05) is 30.1 Å². The van der Waals surface area contributed by atoms with Gasteiger partial charge in [0.2, 0.25) is 0 Å². The van der Waals surface area contributed by atoms with Crippen LogP contribution in [0.5, 0.6) is 0 Å². The largest absolute Gasteiger partial charge is 0.344 e. The molecular weight excluding hydrogens is 307 g/mol. The summed E-state index contributed by atoms with van der Waals surface area (Å²) in [4.78, 5) is 1.87. The maximum absolute atomic E-state index is 12.9. The van der Waals surface area contributed by atoms with Gasteiger partial charge in [-0.05, 0) is 42.0 Å². The van der Waals surface area contributed by atoms with Gasteiger partial charge in [-0.15, -0.1) is 0 Å². The summed E-state index contributed by atoms with van der Waals surface area (Å²) in [6.07, 6.45) is 0. The van der Waals surface area contributed by atoms with Gasteiger partial charge in [0.15, 0.2) is 0 Å². The van der Waals surface area contributed by atoms with Crippen molar-refractivity contribution in [2.45, 2.75) is 5.33 Å². The van der Waals surface area contributed by atoms with Crippen molar-refractivity contribution in [2.75, 3.05) is 11.9 Å². The van der Waals surface area contributed by atoms with E-state index in [-0.39, 0.29) is 5.82 Å². The van der Waals surface area contributed by atoms with E-state index in [9.17, 15) is 9.65 Å². The minimum atomic E-state index is -0.271. The SMILES string of the molecule is CN(c1ccc(F)cc1)c1ccc(CBr)cc1C#N. The van der Waals surface area contributed by atoms with Gasteiger partial charge in [-0.3, -0.25) is 0 Å². The van der Waals surface area contributed by atoms with Crippen LogP contribution in [0.4, 0.5) is 15.8 Å². The molecule has 0 N–H and O–H groups in total. The summed E-state index contributed by atoms with van der Waals surface area (Å²) in [5, 5.41) is 9.94. The number of rotatable bonds is 3. The van der Waals surface area contributed by atoms with Crippen molar-refractivity contribution in [3.05, 3.63) is 59.4 Å². The normalized spacial score (nSPS) is 10.0. The quantitative estimate of drug-likeness (QED) is 0.786. The maximum atomic E-state index is 12.9. The van der Waals surface area contributed by atoms with Crippen LogP contribution in [0.15, 0.2) is 42.5 Å². The molecule has 0 spiro atoms. The van der Waals surface area contributed by atoms with Crippen LogP contribution in [-0.4, -0.2) is 7.05 Å². The zero-order valence-corrected chi connectivity index (χ0v) is 12.0. The van der Waals surface area contributed by atoms with Crippen molar-refractivity contribution in [1.29, 1.82) is 5.26 Å². The molecule has 2 rings (SSSR count). The summed E-state index contributed by atoms with van der Waals surface area (Å²) in [7, 11) is 1.86. The van der Waals surface area contributed by atoms with Gasteiger partial charge in [0.25, 0.3) is 0 Å². The molecule has 0 heterocycles. The molecule has 4 heteroatoms. The summed E-state index contributed by atoms with van der Waals surface area (Å²) in [5.41, 5.74) is 3.29. The number of hydrogen-bond donors (Lipinski definition) is 0. The van der Waals surface area contributed by atoms with Gasteiger partial charge in [-0.25, -0.2) is 4.39 Å². The third-order valence-electron chi connectivity index (χ3n) is 2.91. The highest BCUT2D eigenvalue weighted by Crippen LogP contribution is 2.28. The Labute approximate surface area is 120 Å². The highest BCUT2D eigenvalue weighted by Gasteiger charge is 2.10. The summed E-state index contributed by atoms with van der Waals surface area (Å²) in [6, 6.07) is 14.1. The molecule has 0 saturated carbocycles. The molecule has 2 nitrogen and oxygen atoms in total. The lowest BCUT2D eigenvalue weighted by atomic mass is 10.1. The van der Waals surface area contributed by atoms with E-state index >= 15 is 0 Å². The Morgan fingerprint density at radius 1 is 1.21 bits per heavy atom. The number of alkyl halides is 1. The molecule has 0 aromatic heterocycles. The Bertz CT molecular complexity index is 617. The third kappa shape index (κ3) is 2.94. The number of anilines is 2. The van der Waals surface area contributed by atoms with E-state index in [0.29, 0.717) is 10.9 Å². The highest BCUT2D eigenvalue weighted by atomic mass is 79.9. The minimum Gasteiger partial charge on any atom is -0.344 e. The molecule has 0 atom stereocenters. The Hall–Kier alpha value is -1.86. The van der Waals surface area contributed by atoms with Crippen molar-refractivity contribution in [3.63, 3.8) is 0 Å². The van der Waals surface area contributed by atoms with Crippen LogP contribution in [-0.2, 0) is 5.33 Å². The molecule has 19 heavy (non-hydrogen) atoms. The van der Waals surface area contributed by atoms with Crippen LogP contribution in [0, 0.1) is 17.1 Å². The average molecular weight is 319 g/mol. The summed E-state index contributed by atoms with van der Waals surface area (Å²) < 4.78 is 12.9. The van der Waals surface area contributed by atoms with Crippen molar-refractivity contribution >= 4 is 27.3 Å². The zero-order chi connectivity index (χ0) is 13.8. The predicted molar refractivity (Wildman–Crippen MR) is 78.3 cm³/mol. The molecule has 0 bridgehead atoms. The van der Waals surface area contributed by atoms with Gasteiger partial charge in [-0.1, -0.05) is 22.0 Å². The summed E-state index contributed by atoms with van der Waals surface area (Å²) in [5.74, 6) is -0.271. The van der Waals surface area contributed by atoms with Crippen molar-refractivity contribution in [1.82, 2.24) is 0 Å². The molecule has 96 valence electrons. The maximum Gasteiger partial charge on any atom is 0.123 e. The molecule has 0 radical (unpaired) electrons. The lowest BCUT2D eigenvalue weighted by Gasteiger charge is -2.21. The first-order chi connectivity index (χ1) is 9.15. The minimum absolute atomic E-state index is 0.271. The van der Waals surface area contributed by atoms with E-state index in [0.717, 1.165) is 16.9 Å². The zero-order valence-electron chi connectivity index (χ0n) is 10.4. The second-order valence-electron chi connectivity index (χ2n) is 4.13. The molecule has 0 aliphatic heterocycles. The van der Waals surface area contributed by atoms with Gasteiger partial charge < -0.3 is 4.90 Å². The van der Waals surface area contributed by atoms with Gasteiger partial charge in [0, 0.05) is 18.1 Å². The molecule has 0 fully saturated rings. The Morgan fingerprint density at radius 3 is 2.47 bits per heavy atom. The van der Waals surface area contributed by atoms with Crippen LogP contribution in [0.25, 0.3) is 0 Å². The molecule has 0 saturated heterocycles. The Balaban J connectivity index is 2.41. The second-order valence-corrected chi connectivity index (χ2v) is 4.69. The van der Waals surface area contributed by atoms with Crippen LogP contribution in [0.2, 0.25) is 0 Å². The standard InChI is InChI=1S/C15H12BrFN2/c1-19(14-5-3-13(17)4-6-14)15-7-2-11(9-16)8-12(15)10-18/h2-8H,9H2,1H3. The van der Waals surface area contributed by atoms with E-state index in [4.69, 9.17) is 0 Å². The van der Waals surface area contributed by atoms with Gasteiger partial charge in [0.05, 0.1) is 11.3 Å². The van der Waals surface area contributed by atoms with Crippen LogP contribution in [0.3, 0.4) is 0 Å². The molecule has 2 aromatic carbocycles. The fourth-order valence-corrected chi connectivity index (χ4v) is 2.20. The monoisotopic (exact) mass is 318 g/mol. The van der Waals surface area contributed by atoms with Crippen molar-refractivity contribution in [2.24, 2.45) is 0 Å². The van der Waals surface area contributed by atoms with E-state index in [1.165, 1.54) is 12.1 Å². The Morgan fingerprint density at radius 2 is 1.89 bits per heavy atom. The van der Waals surface area contributed by atoms with Crippen LogP contribution in [0.1, 0.15) is 11.1 Å². The van der Waals surface area contributed by atoms with Crippen LogP contribution >= 0.6 is 15.9 Å². The van der Waals surface area contributed by atoms with Crippen molar-refractivity contribution < 1.29 is 4.39 Å². The molecule has 0 aliphatic carbocycles.